The van der Waals surface area contributed by atoms with Crippen molar-refractivity contribution in [3.8, 4) is 11.5 Å². The Morgan fingerprint density at radius 1 is 1.00 bits per heavy atom. The number of hydrogen-bond donors (Lipinski definition) is 3. The summed E-state index contributed by atoms with van der Waals surface area (Å²) in [6.07, 6.45) is 5.38. The predicted molar refractivity (Wildman–Crippen MR) is 91.5 cm³/mol. The Bertz CT molecular complexity index is 745. The van der Waals surface area contributed by atoms with Crippen molar-refractivity contribution in [2.45, 2.75) is 19.4 Å². The molecule has 0 saturated heterocycles. The highest BCUT2D eigenvalue weighted by molar-refractivity contribution is 5.39. The number of nitrogens with one attached hydrogen (secondary N) is 3. The molecule has 2 aromatic heterocycles. The van der Waals surface area contributed by atoms with E-state index in [-0.39, 0.29) is 0 Å². The number of anilines is 1. The molecule has 0 unspecified atom stereocenters. The fourth-order valence-electron chi connectivity index (χ4n) is 2.44. The van der Waals surface area contributed by atoms with Gasteiger partial charge in [-0.1, -0.05) is 0 Å². The largest absolute Gasteiger partial charge is 0.497 e. The van der Waals surface area contributed by atoms with Gasteiger partial charge in [-0.2, -0.15) is 10.2 Å². The van der Waals surface area contributed by atoms with Crippen LogP contribution in [0.4, 0.5) is 5.82 Å². The molecule has 0 aliphatic rings. The van der Waals surface area contributed by atoms with Crippen LogP contribution in [-0.4, -0.2) is 34.6 Å². The SMILES string of the molecule is COc1cc(CCc2cc(NCc3cn[nH]c3)n[nH]2)cc(OC)c1. The Kier molecular flexibility index (Phi) is 5.00. The third kappa shape index (κ3) is 4.07. The van der Waals surface area contributed by atoms with Crippen LogP contribution < -0.4 is 14.8 Å². The zero-order valence-electron chi connectivity index (χ0n) is 13.8. The summed E-state index contributed by atoms with van der Waals surface area (Å²) in [5.74, 6) is 2.43. The molecule has 0 saturated carbocycles. The molecule has 0 fully saturated rings. The van der Waals surface area contributed by atoms with Gasteiger partial charge in [-0.15, -0.1) is 0 Å². The van der Waals surface area contributed by atoms with Gasteiger partial charge in [0.25, 0.3) is 0 Å². The van der Waals surface area contributed by atoms with Crippen LogP contribution in [0.25, 0.3) is 0 Å². The standard InChI is InChI=1S/C17H21N5O2/c1-23-15-5-12(6-16(8-15)24-2)3-4-14-7-17(22-21-14)18-9-13-10-19-20-11-13/h5-8,10-11H,3-4,9H2,1-2H3,(H,19,20)(H2,18,21,22). The lowest BCUT2D eigenvalue weighted by molar-refractivity contribution is 0.393. The molecular formula is C17H21N5O2. The average molecular weight is 327 g/mol. The Labute approximate surface area is 140 Å². The van der Waals surface area contributed by atoms with Crippen LogP contribution >= 0.6 is 0 Å². The number of rotatable bonds is 8. The minimum Gasteiger partial charge on any atom is -0.497 e. The highest BCUT2D eigenvalue weighted by Crippen LogP contribution is 2.23. The Hall–Kier alpha value is -2.96. The number of methoxy groups -OCH3 is 2. The van der Waals surface area contributed by atoms with E-state index in [1.807, 2.05) is 30.5 Å². The summed E-state index contributed by atoms with van der Waals surface area (Å²) in [7, 11) is 3.32. The summed E-state index contributed by atoms with van der Waals surface area (Å²) in [4.78, 5) is 0. The zero-order valence-corrected chi connectivity index (χ0v) is 13.8. The molecule has 3 aromatic rings. The number of hydrogen-bond acceptors (Lipinski definition) is 5. The monoisotopic (exact) mass is 327 g/mol. The van der Waals surface area contributed by atoms with Gasteiger partial charge in [0, 0.05) is 36.1 Å². The molecule has 126 valence electrons. The molecule has 1 aromatic carbocycles. The van der Waals surface area contributed by atoms with Gasteiger partial charge in [-0.25, -0.2) is 0 Å². The van der Waals surface area contributed by atoms with Crippen LogP contribution in [0.15, 0.2) is 36.7 Å². The maximum absolute atomic E-state index is 5.30. The zero-order chi connectivity index (χ0) is 16.8. The van der Waals surface area contributed by atoms with Crippen molar-refractivity contribution < 1.29 is 9.47 Å². The minimum atomic E-state index is 0.688. The van der Waals surface area contributed by atoms with E-state index in [1.165, 1.54) is 0 Å². The second-order valence-electron chi connectivity index (χ2n) is 5.46. The maximum Gasteiger partial charge on any atom is 0.148 e. The highest BCUT2D eigenvalue weighted by Gasteiger charge is 2.05. The van der Waals surface area contributed by atoms with Gasteiger partial charge >= 0.3 is 0 Å². The fourth-order valence-corrected chi connectivity index (χ4v) is 2.44. The molecule has 0 aliphatic carbocycles. The van der Waals surface area contributed by atoms with E-state index in [4.69, 9.17) is 9.47 Å². The fraction of sp³-hybridized carbons (Fsp3) is 0.294. The lowest BCUT2D eigenvalue weighted by Gasteiger charge is -2.08. The Balaban J connectivity index is 1.57. The van der Waals surface area contributed by atoms with Crippen molar-refractivity contribution in [1.82, 2.24) is 20.4 Å². The van der Waals surface area contributed by atoms with Crippen LogP contribution in [0.2, 0.25) is 0 Å². The summed E-state index contributed by atoms with van der Waals surface area (Å²) in [5, 5.41) is 17.3. The van der Waals surface area contributed by atoms with Crippen molar-refractivity contribution in [2.75, 3.05) is 19.5 Å². The van der Waals surface area contributed by atoms with Gasteiger partial charge in [0.2, 0.25) is 0 Å². The van der Waals surface area contributed by atoms with E-state index < -0.39 is 0 Å². The molecule has 2 heterocycles. The molecule has 0 amide bonds. The Morgan fingerprint density at radius 3 is 2.46 bits per heavy atom. The minimum absolute atomic E-state index is 0.688. The molecule has 0 bridgehead atoms. The van der Waals surface area contributed by atoms with Crippen LogP contribution in [0.5, 0.6) is 11.5 Å². The number of aromatic nitrogens is 4. The number of aryl methyl sites for hydroxylation is 2. The van der Waals surface area contributed by atoms with Crippen molar-refractivity contribution in [1.29, 1.82) is 0 Å². The molecule has 0 spiro atoms. The quantitative estimate of drug-likeness (QED) is 0.592. The van der Waals surface area contributed by atoms with Crippen molar-refractivity contribution in [2.24, 2.45) is 0 Å². The van der Waals surface area contributed by atoms with Crippen molar-refractivity contribution in [3.63, 3.8) is 0 Å². The number of H-pyrrole nitrogens is 2. The number of ether oxygens (including phenoxy) is 2. The lowest BCUT2D eigenvalue weighted by Crippen LogP contribution is -1.98. The normalized spacial score (nSPS) is 10.6. The van der Waals surface area contributed by atoms with Crippen LogP contribution in [0.1, 0.15) is 16.8 Å². The first-order valence-electron chi connectivity index (χ1n) is 7.74. The van der Waals surface area contributed by atoms with E-state index in [9.17, 15) is 0 Å². The van der Waals surface area contributed by atoms with Gasteiger partial charge in [-0.3, -0.25) is 10.2 Å². The summed E-state index contributed by atoms with van der Waals surface area (Å²) >= 11 is 0. The molecule has 7 heteroatoms. The third-order valence-corrected chi connectivity index (χ3v) is 3.75. The maximum atomic E-state index is 5.30. The van der Waals surface area contributed by atoms with Gasteiger partial charge in [0.05, 0.1) is 20.4 Å². The van der Waals surface area contributed by atoms with E-state index in [0.717, 1.165) is 47.0 Å². The molecule has 24 heavy (non-hydrogen) atoms. The van der Waals surface area contributed by atoms with Gasteiger partial charge in [-0.05, 0) is 30.5 Å². The van der Waals surface area contributed by atoms with Crippen LogP contribution in [0.3, 0.4) is 0 Å². The molecule has 0 radical (unpaired) electrons. The van der Waals surface area contributed by atoms with Crippen molar-refractivity contribution in [3.05, 3.63) is 53.5 Å². The average Bonchev–Trinajstić information content (AvgIpc) is 3.29. The van der Waals surface area contributed by atoms with E-state index in [1.54, 1.807) is 20.4 Å². The van der Waals surface area contributed by atoms with Crippen molar-refractivity contribution >= 4 is 5.82 Å². The van der Waals surface area contributed by atoms with Gasteiger partial charge in [0.15, 0.2) is 0 Å². The molecule has 7 nitrogen and oxygen atoms in total. The number of nitrogens with zero attached hydrogens (tertiary/aromatic N) is 2. The van der Waals surface area contributed by atoms with E-state index >= 15 is 0 Å². The second-order valence-corrected chi connectivity index (χ2v) is 5.46. The summed E-state index contributed by atoms with van der Waals surface area (Å²) in [6.45, 7) is 0.688. The molecule has 0 atom stereocenters. The lowest BCUT2D eigenvalue weighted by atomic mass is 10.1. The number of aromatic amines is 2. The summed E-state index contributed by atoms with van der Waals surface area (Å²) in [5.41, 5.74) is 3.32. The van der Waals surface area contributed by atoms with Crippen LogP contribution in [0, 0.1) is 0 Å². The first-order valence-corrected chi connectivity index (χ1v) is 7.74. The molecular weight excluding hydrogens is 306 g/mol. The molecule has 0 aliphatic heterocycles. The molecule has 3 N–H and O–H groups in total. The first-order chi connectivity index (χ1) is 11.8. The predicted octanol–water partition coefficient (Wildman–Crippen LogP) is 2.55. The van der Waals surface area contributed by atoms with Gasteiger partial charge in [0.1, 0.15) is 17.3 Å². The van der Waals surface area contributed by atoms with Crippen LogP contribution in [-0.2, 0) is 19.4 Å². The topological polar surface area (TPSA) is 87.9 Å². The Morgan fingerprint density at radius 2 is 1.79 bits per heavy atom. The highest BCUT2D eigenvalue weighted by atomic mass is 16.5. The third-order valence-electron chi connectivity index (χ3n) is 3.75. The summed E-state index contributed by atoms with van der Waals surface area (Å²) < 4.78 is 10.6. The van der Waals surface area contributed by atoms with E-state index in [2.05, 4.69) is 25.7 Å². The van der Waals surface area contributed by atoms with Gasteiger partial charge < -0.3 is 14.8 Å². The second kappa shape index (κ2) is 7.54. The first kappa shape index (κ1) is 15.9. The smallest absolute Gasteiger partial charge is 0.148 e. The molecule has 3 rings (SSSR count). The van der Waals surface area contributed by atoms with E-state index in [0.29, 0.717) is 6.54 Å². The number of benzene rings is 1. The summed E-state index contributed by atoms with van der Waals surface area (Å²) in [6, 6.07) is 7.95.